The Bertz CT molecular complexity index is 1870. The minimum absolute atomic E-state index is 0.149. The minimum Gasteiger partial charge on any atom is -0.373 e. The summed E-state index contributed by atoms with van der Waals surface area (Å²) in [5.74, 6) is 0. The van der Waals surface area contributed by atoms with E-state index in [1.54, 1.807) is 12.1 Å². The van der Waals surface area contributed by atoms with Crippen LogP contribution >= 0.6 is 34.8 Å². The highest BCUT2D eigenvalue weighted by Gasteiger charge is 2.29. The monoisotopic (exact) mass is 658 g/mol. The maximum absolute atomic E-state index is 9.94. The molecular weight excluding hydrogens is 627 g/mol. The number of fused-ring (bicyclic) bond motifs is 1. The molecular formula is C34H33Cl3N8. The van der Waals surface area contributed by atoms with E-state index in [2.05, 4.69) is 57.7 Å². The first-order valence-electron chi connectivity index (χ1n) is 14.8. The fourth-order valence-electron chi connectivity index (χ4n) is 5.83. The Kier molecular flexibility index (Phi) is 8.89. The topological polar surface area (TPSA) is 94.7 Å². The molecule has 2 aromatic heterocycles. The molecule has 45 heavy (non-hydrogen) atoms. The summed E-state index contributed by atoms with van der Waals surface area (Å²) >= 11 is 19.3. The third kappa shape index (κ3) is 6.87. The van der Waals surface area contributed by atoms with Crippen molar-refractivity contribution in [2.24, 2.45) is 0 Å². The van der Waals surface area contributed by atoms with Crippen molar-refractivity contribution in [2.75, 3.05) is 23.7 Å². The van der Waals surface area contributed by atoms with E-state index in [9.17, 15) is 5.26 Å². The van der Waals surface area contributed by atoms with Gasteiger partial charge in [0.25, 0.3) is 0 Å². The number of nitrogens with zero attached hydrogens (tertiary/aromatic N) is 6. The van der Waals surface area contributed by atoms with Crippen LogP contribution in [0.4, 0.5) is 17.1 Å². The largest absolute Gasteiger partial charge is 0.373 e. The number of anilines is 3. The number of halogens is 3. The fourth-order valence-corrected chi connectivity index (χ4v) is 6.41. The summed E-state index contributed by atoms with van der Waals surface area (Å²) in [7, 11) is 0. The van der Waals surface area contributed by atoms with Crippen LogP contribution in [0.1, 0.15) is 62.5 Å². The maximum Gasteiger partial charge on any atom is 0.109 e. The highest BCUT2D eigenvalue weighted by atomic mass is 35.5. The molecule has 0 saturated carbocycles. The highest BCUT2D eigenvalue weighted by molar-refractivity contribution is 6.36. The molecule has 11 heteroatoms. The van der Waals surface area contributed by atoms with E-state index in [0.29, 0.717) is 37.2 Å². The van der Waals surface area contributed by atoms with Gasteiger partial charge >= 0.3 is 0 Å². The first-order valence-corrected chi connectivity index (χ1v) is 16.0. The predicted octanol–water partition coefficient (Wildman–Crippen LogP) is 9.04. The Labute approximate surface area is 277 Å². The van der Waals surface area contributed by atoms with Crippen molar-refractivity contribution in [2.45, 2.75) is 51.2 Å². The van der Waals surface area contributed by atoms with Gasteiger partial charge in [0.15, 0.2) is 0 Å². The highest BCUT2D eigenvalue weighted by Crippen LogP contribution is 2.37. The third-order valence-electron chi connectivity index (χ3n) is 8.26. The normalized spacial score (nSPS) is 15.1. The zero-order valence-corrected chi connectivity index (χ0v) is 27.5. The second-order valence-corrected chi connectivity index (χ2v) is 13.6. The number of nitriles is 1. The first kappa shape index (κ1) is 31.1. The van der Waals surface area contributed by atoms with Gasteiger partial charge in [-0.3, -0.25) is 9.88 Å². The van der Waals surface area contributed by atoms with E-state index < -0.39 is 0 Å². The van der Waals surface area contributed by atoms with Crippen LogP contribution in [0, 0.1) is 11.3 Å². The SMILES string of the molecule is CC(C)(C)N1CCC(n2cc(C(Nc3cc(Cl)c4ncc(C#N)c(Nc5cccc(Cl)c5)c4c3)c3ccc(Cl)cc3)nn2)CC1. The molecule has 0 spiro atoms. The molecule has 1 aliphatic rings. The standard InChI is InChI=1S/C34H33Cl3N8/c1-34(2,3)44-13-11-27(12-14-44)45-20-30(42-43-45)32(21-7-9-23(35)10-8-21)41-26-16-28-31(40-25-6-4-5-24(36)15-25)22(18-38)19-39-33(28)29(37)17-26/h4-10,15-17,19-20,27,32,41H,11-14H2,1-3H3,(H,39,40). The number of piperidine rings is 1. The number of hydrogen-bond donors (Lipinski definition) is 2. The summed E-state index contributed by atoms with van der Waals surface area (Å²) < 4.78 is 2.00. The molecule has 5 aromatic rings. The summed E-state index contributed by atoms with van der Waals surface area (Å²) in [5, 5.41) is 28.5. The summed E-state index contributed by atoms with van der Waals surface area (Å²) in [4.78, 5) is 7.02. The molecule has 1 atom stereocenters. The maximum atomic E-state index is 9.94. The van der Waals surface area contributed by atoms with Gasteiger partial charge in [-0.1, -0.05) is 58.2 Å². The summed E-state index contributed by atoms with van der Waals surface area (Å²) in [6.07, 6.45) is 5.58. The van der Waals surface area contributed by atoms with Crippen molar-refractivity contribution in [1.29, 1.82) is 5.26 Å². The second-order valence-electron chi connectivity index (χ2n) is 12.3. The Morgan fingerprint density at radius 1 is 0.956 bits per heavy atom. The lowest BCUT2D eigenvalue weighted by Gasteiger charge is -2.40. The average molecular weight is 660 g/mol. The summed E-state index contributed by atoms with van der Waals surface area (Å²) in [6, 6.07) is 21.0. The van der Waals surface area contributed by atoms with Crippen LogP contribution in [0.2, 0.25) is 15.1 Å². The van der Waals surface area contributed by atoms with Gasteiger partial charge in [-0.05, 0) is 81.6 Å². The first-order chi connectivity index (χ1) is 21.6. The molecule has 2 N–H and O–H groups in total. The van der Waals surface area contributed by atoms with Crippen LogP contribution in [0.5, 0.6) is 0 Å². The predicted molar refractivity (Wildman–Crippen MR) is 183 cm³/mol. The van der Waals surface area contributed by atoms with Crippen LogP contribution in [0.25, 0.3) is 10.9 Å². The van der Waals surface area contributed by atoms with Crippen molar-refractivity contribution in [3.63, 3.8) is 0 Å². The van der Waals surface area contributed by atoms with Crippen molar-refractivity contribution in [3.8, 4) is 6.07 Å². The number of aromatic nitrogens is 4. The van der Waals surface area contributed by atoms with Crippen LogP contribution in [0.15, 0.2) is 73.1 Å². The van der Waals surface area contributed by atoms with Crippen LogP contribution in [-0.2, 0) is 0 Å². The van der Waals surface area contributed by atoms with Gasteiger partial charge in [0.1, 0.15) is 11.8 Å². The molecule has 0 bridgehead atoms. The molecule has 230 valence electrons. The number of benzene rings is 3. The molecule has 0 aliphatic carbocycles. The third-order valence-corrected chi connectivity index (χ3v) is 9.04. The number of pyridine rings is 1. The van der Waals surface area contributed by atoms with Crippen LogP contribution in [-0.4, -0.2) is 43.5 Å². The van der Waals surface area contributed by atoms with Gasteiger partial charge in [-0.15, -0.1) is 5.10 Å². The van der Waals surface area contributed by atoms with Gasteiger partial charge in [0, 0.05) is 51.6 Å². The van der Waals surface area contributed by atoms with Crippen molar-refractivity contribution >= 4 is 62.8 Å². The lowest BCUT2D eigenvalue weighted by molar-refractivity contribution is 0.0866. The second kappa shape index (κ2) is 12.9. The Balaban J connectivity index is 1.36. The number of likely N-dealkylation sites (tertiary alicyclic amines) is 1. The van der Waals surface area contributed by atoms with Crippen LogP contribution in [0.3, 0.4) is 0 Å². The molecule has 1 fully saturated rings. The van der Waals surface area contributed by atoms with Crippen LogP contribution < -0.4 is 10.6 Å². The minimum atomic E-state index is -0.351. The molecule has 1 unspecified atom stereocenters. The number of nitrogens with one attached hydrogen (secondary N) is 2. The zero-order valence-electron chi connectivity index (χ0n) is 25.2. The van der Waals surface area contributed by atoms with Gasteiger partial charge < -0.3 is 10.6 Å². The lowest BCUT2D eigenvalue weighted by atomic mass is 9.98. The van der Waals surface area contributed by atoms with Gasteiger partial charge in [-0.25, -0.2) is 4.68 Å². The van der Waals surface area contributed by atoms with Crippen molar-refractivity contribution in [3.05, 3.63) is 105 Å². The number of rotatable bonds is 7. The molecule has 8 nitrogen and oxygen atoms in total. The average Bonchev–Trinajstić information content (AvgIpc) is 3.51. The molecule has 1 saturated heterocycles. The van der Waals surface area contributed by atoms with E-state index in [-0.39, 0.29) is 17.6 Å². The summed E-state index contributed by atoms with van der Waals surface area (Å²) in [6.45, 7) is 8.81. The van der Waals surface area contributed by atoms with Gasteiger partial charge in [-0.2, -0.15) is 5.26 Å². The van der Waals surface area contributed by atoms with E-state index in [1.165, 1.54) is 6.20 Å². The Hall–Kier alpha value is -3.87. The lowest BCUT2D eigenvalue weighted by Crippen LogP contribution is -2.46. The van der Waals surface area contributed by atoms with Crippen molar-refractivity contribution < 1.29 is 0 Å². The smallest absolute Gasteiger partial charge is 0.109 e. The summed E-state index contributed by atoms with van der Waals surface area (Å²) in [5.41, 5.74) is 4.89. The zero-order chi connectivity index (χ0) is 31.7. The Morgan fingerprint density at radius 2 is 1.71 bits per heavy atom. The quantitative estimate of drug-likeness (QED) is 0.180. The molecule has 3 aromatic carbocycles. The van der Waals surface area contributed by atoms with Crippen molar-refractivity contribution in [1.82, 2.24) is 24.9 Å². The van der Waals surface area contributed by atoms with E-state index in [1.807, 2.05) is 59.4 Å². The molecule has 3 heterocycles. The molecule has 0 radical (unpaired) electrons. The number of hydrogen-bond acceptors (Lipinski definition) is 7. The van der Waals surface area contributed by atoms with Gasteiger partial charge in [0.05, 0.1) is 40.1 Å². The van der Waals surface area contributed by atoms with Gasteiger partial charge in [0.2, 0.25) is 0 Å². The molecule has 0 amide bonds. The molecule has 1 aliphatic heterocycles. The van der Waals surface area contributed by atoms with E-state index >= 15 is 0 Å². The fraction of sp³-hybridized carbons (Fsp3) is 0.294. The molecule has 6 rings (SSSR count). The van der Waals surface area contributed by atoms with E-state index in [0.717, 1.165) is 48.6 Å². The van der Waals surface area contributed by atoms with E-state index in [4.69, 9.17) is 34.8 Å². The Morgan fingerprint density at radius 3 is 2.40 bits per heavy atom.